The van der Waals surface area contributed by atoms with Crippen molar-refractivity contribution in [2.75, 3.05) is 19.7 Å². The summed E-state index contributed by atoms with van der Waals surface area (Å²) in [5.74, 6) is -0.706. The minimum absolute atomic E-state index is 0.0127. The molecule has 24 heavy (non-hydrogen) atoms. The largest absolute Gasteiger partial charge is 0.374 e. The van der Waals surface area contributed by atoms with E-state index in [2.05, 4.69) is 0 Å². The van der Waals surface area contributed by atoms with Crippen molar-refractivity contribution in [3.05, 3.63) is 35.4 Å². The molecule has 6 heteroatoms. The van der Waals surface area contributed by atoms with Crippen molar-refractivity contribution in [3.63, 3.8) is 0 Å². The van der Waals surface area contributed by atoms with Gasteiger partial charge in [-0.2, -0.15) is 0 Å². The number of carbonyl (C=O) groups excluding carboxylic acids is 3. The zero-order chi connectivity index (χ0) is 17.5. The Labute approximate surface area is 141 Å². The van der Waals surface area contributed by atoms with E-state index in [-0.39, 0.29) is 42.3 Å². The highest BCUT2D eigenvalue weighted by Gasteiger charge is 2.38. The summed E-state index contributed by atoms with van der Waals surface area (Å²) in [5.41, 5.74) is 0.441. The average molecular weight is 330 g/mol. The van der Waals surface area contributed by atoms with Crippen molar-refractivity contribution in [1.82, 2.24) is 9.80 Å². The molecule has 2 aliphatic rings. The minimum Gasteiger partial charge on any atom is -0.374 e. The predicted octanol–water partition coefficient (Wildman–Crippen LogP) is 1.70. The van der Waals surface area contributed by atoms with Crippen LogP contribution in [-0.4, -0.2) is 58.9 Å². The number of carbonyl (C=O) groups is 3. The Morgan fingerprint density at radius 1 is 1.21 bits per heavy atom. The van der Waals surface area contributed by atoms with Crippen molar-refractivity contribution in [2.24, 2.45) is 0 Å². The summed E-state index contributed by atoms with van der Waals surface area (Å²) >= 11 is 0. The number of hydrogen-bond donors (Lipinski definition) is 0. The lowest BCUT2D eigenvalue weighted by atomic mass is 10.0. The Kier molecular flexibility index (Phi) is 4.17. The van der Waals surface area contributed by atoms with E-state index in [0.717, 1.165) is 0 Å². The molecule has 0 bridgehead atoms. The van der Waals surface area contributed by atoms with Gasteiger partial charge in [0.25, 0.3) is 11.8 Å². The summed E-state index contributed by atoms with van der Waals surface area (Å²) in [4.78, 5) is 40.3. The molecule has 2 aliphatic heterocycles. The molecule has 1 aromatic rings. The maximum absolute atomic E-state index is 12.6. The van der Waals surface area contributed by atoms with Gasteiger partial charge < -0.3 is 9.64 Å². The van der Waals surface area contributed by atoms with E-state index in [1.54, 1.807) is 29.2 Å². The summed E-state index contributed by atoms with van der Waals surface area (Å²) < 4.78 is 5.62. The summed E-state index contributed by atoms with van der Waals surface area (Å²) in [6.07, 6.45) is 0.114. The molecule has 3 rings (SSSR count). The number of benzene rings is 1. The number of fused-ring (bicyclic) bond motifs is 1. The molecule has 0 aromatic heterocycles. The first-order chi connectivity index (χ1) is 11.3. The number of rotatable bonds is 3. The zero-order valence-corrected chi connectivity index (χ0v) is 14.2. The van der Waals surface area contributed by atoms with Gasteiger partial charge in [0.15, 0.2) is 0 Å². The molecule has 6 nitrogen and oxygen atoms in total. The first-order valence-corrected chi connectivity index (χ1v) is 8.18. The van der Waals surface area contributed by atoms with Crippen molar-refractivity contribution >= 4 is 17.7 Å². The Hall–Kier alpha value is -2.21. The average Bonchev–Trinajstić information content (AvgIpc) is 2.79. The van der Waals surface area contributed by atoms with E-state index in [4.69, 9.17) is 4.74 Å². The molecule has 0 N–H and O–H groups in total. The third-order valence-corrected chi connectivity index (χ3v) is 4.62. The normalized spacial score (nSPS) is 22.7. The first-order valence-electron chi connectivity index (χ1n) is 8.18. The molecule has 128 valence electrons. The van der Waals surface area contributed by atoms with E-state index in [1.807, 2.05) is 20.8 Å². The fourth-order valence-electron chi connectivity index (χ4n) is 3.21. The predicted molar refractivity (Wildman–Crippen MR) is 87.6 cm³/mol. The smallest absolute Gasteiger partial charge is 0.261 e. The Morgan fingerprint density at radius 2 is 1.79 bits per heavy atom. The van der Waals surface area contributed by atoms with Gasteiger partial charge in [-0.25, -0.2) is 0 Å². The van der Waals surface area contributed by atoms with Crippen molar-refractivity contribution in [3.8, 4) is 0 Å². The van der Waals surface area contributed by atoms with Crippen LogP contribution in [0.4, 0.5) is 0 Å². The van der Waals surface area contributed by atoms with Gasteiger partial charge in [-0.1, -0.05) is 12.1 Å². The topological polar surface area (TPSA) is 66.9 Å². The Morgan fingerprint density at radius 3 is 2.38 bits per heavy atom. The van der Waals surface area contributed by atoms with Crippen LogP contribution in [-0.2, 0) is 9.53 Å². The third-order valence-electron chi connectivity index (χ3n) is 4.62. The van der Waals surface area contributed by atoms with E-state index in [1.165, 1.54) is 4.90 Å². The SMILES string of the molecule is CC1CN(C(=O)CCN2C(=O)c3ccccc3C2=O)C(C)(C)CO1. The molecule has 1 fully saturated rings. The van der Waals surface area contributed by atoms with Crippen LogP contribution >= 0.6 is 0 Å². The van der Waals surface area contributed by atoms with E-state index in [0.29, 0.717) is 24.3 Å². The second kappa shape index (κ2) is 6.02. The molecular formula is C18H22N2O4. The van der Waals surface area contributed by atoms with E-state index >= 15 is 0 Å². The van der Waals surface area contributed by atoms with Gasteiger partial charge in [0, 0.05) is 19.5 Å². The lowest BCUT2D eigenvalue weighted by molar-refractivity contribution is -0.152. The van der Waals surface area contributed by atoms with Crippen LogP contribution in [0, 0.1) is 0 Å². The quantitative estimate of drug-likeness (QED) is 0.791. The number of nitrogens with zero attached hydrogens (tertiary/aromatic N) is 2. The molecule has 0 spiro atoms. The number of hydrogen-bond acceptors (Lipinski definition) is 4. The van der Waals surface area contributed by atoms with Crippen LogP contribution in [0.1, 0.15) is 47.9 Å². The summed E-state index contributed by atoms with van der Waals surface area (Å²) in [6.45, 7) is 6.95. The molecular weight excluding hydrogens is 308 g/mol. The highest BCUT2D eigenvalue weighted by atomic mass is 16.5. The van der Waals surface area contributed by atoms with Crippen molar-refractivity contribution < 1.29 is 19.1 Å². The highest BCUT2D eigenvalue weighted by molar-refractivity contribution is 6.21. The zero-order valence-electron chi connectivity index (χ0n) is 14.2. The second-order valence-electron chi connectivity index (χ2n) is 7.00. The lowest BCUT2D eigenvalue weighted by Crippen LogP contribution is -2.58. The monoisotopic (exact) mass is 330 g/mol. The summed E-state index contributed by atoms with van der Waals surface area (Å²) in [5, 5.41) is 0. The fourth-order valence-corrected chi connectivity index (χ4v) is 3.21. The molecule has 0 saturated carbocycles. The van der Waals surface area contributed by atoms with Gasteiger partial charge in [0.2, 0.25) is 5.91 Å². The van der Waals surface area contributed by atoms with Crippen LogP contribution in [0.25, 0.3) is 0 Å². The van der Waals surface area contributed by atoms with Crippen molar-refractivity contribution in [1.29, 1.82) is 0 Å². The molecule has 1 aromatic carbocycles. The van der Waals surface area contributed by atoms with Gasteiger partial charge in [-0.3, -0.25) is 19.3 Å². The number of ether oxygens (including phenoxy) is 1. The molecule has 1 saturated heterocycles. The molecule has 2 heterocycles. The van der Waals surface area contributed by atoms with Gasteiger partial charge in [0.1, 0.15) is 0 Å². The van der Waals surface area contributed by atoms with Gasteiger partial charge in [-0.15, -0.1) is 0 Å². The lowest BCUT2D eigenvalue weighted by Gasteiger charge is -2.44. The van der Waals surface area contributed by atoms with E-state index in [9.17, 15) is 14.4 Å². The van der Waals surface area contributed by atoms with Gasteiger partial charge in [-0.05, 0) is 32.9 Å². The van der Waals surface area contributed by atoms with Crippen LogP contribution in [0.3, 0.4) is 0 Å². The molecule has 0 radical (unpaired) electrons. The van der Waals surface area contributed by atoms with Gasteiger partial charge in [0.05, 0.1) is 29.4 Å². The molecule has 3 amide bonds. The number of amides is 3. The summed E-state index contributed by atoms with van der Waals surface area (Å²) in [6, 6.07) is 6.75. The standard InChI is InChI=1S/C18H22N2O4/c1-12-10-20(18(2,3)11-24-12)15(21)8-9-19-16(22)13-6-4-5-7-14(13)17(19)23/h4-7,12H,8-11H2,1-3H3. The third kappa shape index (κ3) is 2.82. The van der Waals surface area contributed by atoms with Crippen LogP contribution in [0.2, 0.25) is 0 Å². The highest BCUT2D eigenvalue weighted by Crippen LogP contribution is 2.25. The minimum atomic E-state index is -0.383. The number of imide groups is 1. The summed E-state index contributed by atoms with van der Waals surface area (Å²) in [7, 11) is 0. The number of morpholine rings is 1. The Balaban J connectivity index is 1.67. The second-order valence-corrected chi connectivity index (χ2v) is 7.00. The van der Waals surface area contributed by atoms with E-state index < -0.39 is 0 Å². The molecule has 1 unspecified atom stereocenters. The van der Waals surface area contributed by atoms with Crippen LogP contribution < -0.4 is 0 Å². The van der Waals surface area contributed by atoms with Crippen LogP contribution in [0.5, 0.6) is 0 Å². The molecule has 1 atom stereocenters. The fraction of sp³-hybridized carbons (Fsp3) is 0.500. The van der Waals surface area contributed by atoms with Gasteiger partial charge >= 0.3 is 0 Å². The maximum Gasteiger partial charge on any atom is 0.261 e. The van der Waals surface area contributed by atoms with Crippen LogP contribution in [0.15, 0.2) is 24.3 Å². The Bertz CT molecular complexity index is 663. The first kappa shape index (κ1) is 16.6. The van der Waals surface area contributed by atoms with Crippen molar-refractivity contribution in [2.45, 2.75) is 38.8 Å². The molecule has 0 aliphatic carbocycles. The maximum atomic E-state index is 12.6.